The molecule has 1 atom stereocenters. The summed E-state index contributed by atoms with van der Waals surface area (Å²) in [6.07, 6.45) is 3.44. The highest BCUT2D eigenvalue weighted by atomic mass is 32.1. The largest absolute Gasteiger partial charge is 0.494 e. The van der Waals surface area contributed by atoms with E-state index in [-0.39, 0.29) is 16.1 Å². The van der Waals surface area contributed by atoms with Crippen molar-refractivity contribution in [2.24, 2.45) is 0 Å². The summed E-state index contributed by atoms with van der Waals surface area (Å²) in [5.74, 6) is -1.67. The van der Waals surface area contributed by atoms with Gasteiger partial charge in [0.2, 0.25) is 0 Å². The quantitative estimate of drug-likeness (QED) is 0.353. The Bertz CT molecular complexity index is 1130. The van der Waals surface area contributed by atoms with E-state index < -0.39 is 23.8 Å². The molecule has 8 nitrogen and oxygen atoms in total. The van der Waals surface area contributed by atoms with Crippen molar-refractivity contribution in [1.29, 1.82) is 5.26 Å². The molecular formula is C24H24N2O6S. The molecule has 0 radical (unpaired) electrons. The van der Waals surface area contributed by atoms with Crippen LogP contribution in [0, 0.1) is 11.3 Å². The molecule has 1 amide bonds. The maximum Gasteiger partial charge on any atom is 0.341 e. The van der Waals surface area contributed by atoms with Crippen LogP contribution in [0.2, 0.25) is 0 Å². The number of rotatable bonds is 8. The Balaban J connectivity index is 1.87. The van der Waals surface area contributed by atoms with Gasteiger partial charge in [-0.2, -0.15) is 5.26 Å². The SMILES string of the molecule is CCCOc1ccc(/C=C(\C#N)C(=O)Nc2sc3c(c2C(=O)OC)C(C(=O)OC)CC3)cc1. The van der Waals surface area contributed by atoms with Gasteiger partial charge in [0.25, 0.3) is 5.91 Å². The first kappa shape index (κ1) is 24.0. The van der Waals surface area contributed by atoms with Gasteiger partial charge in [-0.25, -0.2) is 4.79 Å². The molecule has 0 spiro atoms. The molecule has 0 aliphatic heterocycles. The summed E-state index contributed by atoms with van der Waals surface area (Å²) in [7, 11) is 2.52. The van der Waals surface area contributed by atoms with Gasteiger partial charge < -0.3 is 19.5 Å². The molecule has 1 aliphatic carbocycles. The third-order valence-corrected chi connectivity index (χ3v) is 6.34. The molecule has 1 unspecified atom stereocenters. The maximum atomic E-state index is 12.9. The smallest absolute Gasteiger partial charge is 0.341 e. The number of ether oxygens (including phenoxy) is 3. The molecule has 1 aromatic heterocycles. The number of esters is 2. The molecule has 0 saturated heterocycles. The molecule has 9 heteroatoms. The molecule has 0 saturated carbocycles. The van der Waals surface area contributed by atoms with E-state index in [1.165, 1.54) is 31.6 Å². The number of benzene rings is 1. The van der Waals surface area contributed by atoms with Gasteiger partial charge in [-0.05, 0) is 48.6 Å². The Hall–Kier alpha value is -3.64. The van der Waals surface area contributed by atoms with Crippen molar-refractivity contribution in [2.75, 3.05) is 26.1 Å². The zero-order valence-corrected chi connectivity index (χ0v) is 19.4. The Morgan fingerprint density at radius 3 is 2.55 bits per heavy atom. The molecule has 2 aromatic rings. The standard InChI is InChI=1S/C24H24N2O6S/c1-4-11-32-16-7-5-14(6-8-16)12-15(13-25)21(27)26-22-20(24(29)31-3)19-17(23(28)30-2)9-10-18(19)33-22/h5-8,12,17H,4,9-11H2,1-3H3,(H,26,27)/b15-12+. The second kappa shape index (κ2) is 10.8. The molecule has 1 N–H and O–H groups in total. The molecule has 1 aromatic carbocycles. The topological polar surface area (TPSA) is 115 Å². The molecular weight excluding hydrogens is 444 g/mol. The number of anilines is 1. The number of carbonyl (C=O) groups excluding carboxylic acids is 3. The second-order valence-corrected chi connectivity index (χ2v) is 8.40. The number of nitrogens with zero attached hydrogens (tertiary/aromatic N) is 1. The summed E-state index contributed by atoms with van der Waals surface area (Å²) in [6, 6.07) is 8.92. The monoisotopic (exact) mass is 468 g/mol. The lowest BCUT2D eigenvalue weighted by molar-refractivity contribution is -0.142. The number of methoxy groups -OCH3 is 2. The summed E-state index contributed by atoms with van der Waals surface area (Å²) >= 11 is 1.20. The van der Waals surface area contributed by atoms with Crippen LogP contribution in [0.25, 0.3) is 6.08 Å². The van der Waals surface area contributed by atoms with E-state index in [4.69, 9.17) is 14.2 Å². The van der Waals surface area contributed by atoms with Crippen molar-refractivity contribution in [3.8, 4) is 11.8 Å². The van der Waals surface area contributed by atoms with Crippen LogP contribution >= 0.6 is 11.3 Å². The summed E-state index contributed by atoms with van der Waals surface area (Å²) < 4.78 is 15.3. The fourth-order valence-corrected chi connectivity index (χ4v) is 4.86. The molecule has 0 bridgehead atoms. The third kappa shape index (κ3) is 5.23. The van der Waals surface area contributed by atoms with Crippen molar-refractivity contribution < 1.29 is 28.6 Å². The van der Waals surface area contributed by atoms with E-state index in [0.29, 0.717) is 36.3 Å². The number of carbonyl (C=O) groups is 3. The van der Waals surface area contributed by atoms with E-state index in [1.54, 1.807) is 24.3 Å². The number of nitriles is 1. The van der Waals surface area contributed by atoms with Gasteiger partial charge in [-0.3, -0.25) is 9.59 Å². The van der Waals surface area contributed by atoms with Crippen LogP contribution < -0.4 is 10.1 Å². The first-order chi connectivity index (χ1) is 15.9. The van der Waals surface area contributed by atoms with E-state index >= 15 is 0 Å². The van der Waals surface area contributed by atoms with Gasteiger partial charge >= 0.3 is 11.9 Å². The number of hydrogen-bond donors (Lipinski definition) is 1. The number of nitrogens with one attached hydrogen (secondary N) is 1. The lowest BCUT2D eigenvalue weighted by Crippen LogP contribution is -2.18. The molecule has 1 heterocycles. The minimum Gasteiger partial charge on any atom is -0.494 e. The predicted octanol–water partition coefficient (Wildman–Crippen LogP) is 4.07. The normalized spacial score (nSPS) is 14.7. The summed E-state index contributed by atoms with van der Waals surface area (Å²) in [4.78, 5) is 38.4. The van der Waals surface area contributed by atoms with Crippen LogP contribution in [0.1, 0.15) is 52.0 Å². The average molecular weight is 469 g/mol. The number of amides is 1. The van der Waals surface area contributed by atoms with Gasteiger partial charge in [-0.15, -0.1) is 11.3 Å². The van der Waals surface area contributed by atoms with Gasteiger partial charge in [0.1, 0.15) is 22.4 Å². The van der Waals surface area contributed by atoms with Crippen molar-refractivity contribution in [3.63, 3.8) is 0 Å². The highest BCUT2D eigenvalue weighted by Crippen LogP contribution is 2.46. The van der Waals surface area contributed by atoms with Crippen molar-refractivity contribution in [3.05, 3.63) is 51.4 Å². The molecule has 3 rings (SSSR count). The number of aryl methyl sites for hydroxylation is 1. The second-order valence-electron chi connectivity index (χ2n) is 7.29. The van der Waals surface area contributed by atoms with Gasteiger partial charge in [-0.1, -0.05) is 19.1 Å². The van der Waals surface area contributed by atoms with Crippen LogP contribution in [0.3, 0.4) is 0 Å². The summed E-state index contributed by atoms with van der Waals surface area (Å²) in [6.45, 7) is 2.61. The van der Waals surface area contributed by atoms with Gasteiger partial charge in [0, 0.05) is 4.88 Å². The summed E-state index contributed by atoms with van der Waals surface area (Å²) in [5.41, 5.74) is 1.18. The van der Waals surface area contributed by atoms with Crippen molar-refractivity contribution in [2.45, 2.75) is 32.1 Å². The Morgan fingerprint density at radius 1 is 1.21 bits per heavy atom. The fourth-order valence-electron chi connectivity index (χ4n) is 3.60. The number of hydrogen-bond acceptors (Lipinski definition) is 8. The molecule has 172 valence electrons. The lowest BCUT2D eigenvalue weighted by Gasteiger charge is -2.11. The zero-order valence-electron chi connectivity index (χ0n) is 18.6. The van der Waals surface area contributed by atoms with E-state index in [2.05, 4.69) is 5.32 Å². The Kier molecular flexibility index (Phi) is 7.85. The fraction of sp³-hybridized carbons (Fsp3) is 0.333. The minimum absolute atomic E-state index is 0.133. The molecule has 1 aliphatic rings. The molecule has 33 heavy (non-hydrogen) atoms. The van der Waals surface area contributed by atoms with E-state index in [0.717, 1.165) is 11.3 Å². The van der Waals surface area contributed by atoms with Crippen molar-refractivity contribution in [1.82, 2.24) is 0 Å². The van der Waals surface area contributed by atoms with Gasteiger partial charge in [0.05, 0.1) is 32.3 Å². The summed E-state index contributed by atoms with van der Waals surface area (Å²) in [5, 5.41) is 12.4. The average Bonchev–Trinajstić information content (AvgIpc) is 3.39. The van der Waals surface area contributed by atoms with Gasteiger partial charge in [0.15, 0.2) is 0 Å². The van der Waals surface area contributed by atoms with Crippen LogP contribution in [0.5, 0.6) is 5.75 Å². The van der Waals surface area contributed by atoms with Crippen LogP contribution in [-0.4, -0.2) is 38.7 Å². The maximum absolute atomic E-state index is 12.9. The van der Waals surface area contributed by atoms with Crippen molar-refractivity contribution >= 4 is 40.3 Å². The Morgan fingerprint density at radius 2 is 1.94 bits per heavy atom. The molecule has 0 fully saturated rings. The zero-order chi connectivity index (χ0) is 24.0. The van der Waals surface area contributed by atoms with E-state index in [9.17, 15) is 19.6 Å². The van der Waals surface area contributed by atoms with E-state index in [1.807, 2.05) is 13.0 Å². The lowest BCUT2D eigenvalue weighted by atomic mass is 9.99. The van der Waals surface area contributed by atoms with Crippen LogP contribution in [0.4, 0.5) is 5.00 Å². The first-order valence-electron chi connectivity index (χ1n) is 10.4. The number of thiophene rings is 1. The highest BCUT2D eigenvalue weighted by molar-refractivity contribution is 7.17. The predicted molar refractivity (Wildman–Crippen MR) is 123 cm³/mol. The Labute approximate surface area is 195 Å². The highest BCUT2D eigenvalue weighted by Gasteiger charge is 2.38. The minimum atomic E-state index is -0.663. The first-order valence-corrected chi connectivity index (χ1v) is 11.2. The number of fused-ring (bicyclic) bond motifs is 1. The van der Waals surface area contributed by atoms with Crippen LogP contribution in [0.15, 0.2) is 29.8 Å². The van der Waals surface area contributed by atoms with Crippen LogP contribution in [-0.2, 0) is 25.5 Å². The third-order valence-electron chi connectivity index (χ3n) is 5.16.